The number of aliphatic hydroxyl groups excluding tert-OH is 1. The summed E-state index contributed by atoms with van der Waals surface area (Å²) in [4.78, 5) is 27.7. The summed E-state index contributed by atoms with van der Waals surface area (Å²) in [6.07, 6.45) is 3.92. The minimum atomic E-state index is -0.743. The molecular weight excluding hydrogens is 446 g/mol. The summed E-state index contributed by atoms with van der Waals surface area (Å²) in [5.74, 6) is -0.104. The van der Waals surface area contributed by atoms with E-state index in [0.717, 1.165) is 37.0 Å². The first-order valence-electron chi connectivity index (χ1n) is 12.2. The number of benzene rings is 2. The lowest BCUT2D eigenvalue weighted by Crippen LogP contribution is -2.32. The molecule has 2 aliphatic heterocycles. The highest BCUT2D eigenvalue weighted by Gasteiger charge is 2.46. The Bertz CT molecular complexity index is 1120. The van der Waals surface area contributed by atoms with Crippen molar-refractivity contribution in [3.63, 3.8) is 0 Å². The van der Waals surface area contributed by atoms with E-state index in [1.807, 2.05) is 37.3 Å². The van der Waals surface area contributed by atoms with Crippen molar-refractivity contribution in [2.75, 3.05) is 26.9 Å². The van der Waals surface area contributed by atoms with Gasteiger partial charge in [-0.25, -0.2) is 0 Å². The van der Waals surface area contributed by atoms with E-state index in [0.29, 0.717) is 23.5 Å². The van der Waals surface area contributed by atoms with Gasteiger partial charge >= 0.3 is 0 Å². The van der Waals surface area contributed by atoms with Crippen LogP contribution in [0.5, 0.6) is 11.5 Å². The molecule has 35 heavy (non-hydrogen) atoms. The Morgan fingerprint density at radius 1 is 1.14 bits per heavy atom. The number of ketones is 1. The number of ether oxygens (including phenoxy) is 3. The minimum absolute atomic E-state index is 0.0575. The first-order chi connectivity index (χ1) is 16.9. The van der Waals surface area contributed by atoms with Gasteiger partial charge < -0.3 is 24.2 Å². The van der Waals surface area contributed by atoms with Crippen molar-refractivity contribution < 1.29 is 28.9 Å². The Kier molecular flexibility index (Phi) is 7.76. The zero-order valence-corrected chi connectivity index (χ0v) is 20.6. The van der Waals surface area contributed by atoms with E-state index in [1.54, 1.807) is 19.2 Å². The van der Waals surface area contributed by atoms with E-state index >= 15 is 0 Å². The molecule has 0 aromatic heterocycles. The predicted octanol–water partition coefficient (Wildman–Crippen LogP) is 4.65. The number of hydrogen-bond donors (Lipinski definition) is 1. The van der Waals surface area contributed by atoms with E-state index in [-0.39, 0.29) is 30.6 Å². The maximum absolute atomic E-state index is 13.2. The molecule has 2 aromatic carbocycles. The number of methoxy groups -OCH3 is 1. The zero-order chi connectivity index (χ0) is 24.9. The summed E-state index contributed by atoms with van der Waals surface area (Å²) in [6, 6.07) is 12.0. The van der Waals surface area contributed by atoms with E-state index in [1.165, 1.54) is 4.90 Å². The normalized spacial score (nSPS) is 20.7. The Morgan fingerprint density at radius 3 is 2.74 bits per heavy atom. The van der Waals surface area contributed by atoms with Gasteiger partial charge in [-0.05, 0) is 54.8 Å². The first kappa shape index (κ1) is 24.8. The highest BCUT2D eigenvalue weighted by atomic mass is 16.5. The molecule has 0 spiro atoms. The highest BCUT2D eigenvalue weighted by molar-refractivity contribution is 6.46. The number of carbonyl (C=O) groups excluding carboxylic acids is 2. The molecule has 7 nitrogen and oxygen atoms in total. The van der Waals surface area contributed by atoms with Crippen molar-refractivity contribution in [1.82, 2.24) is 4.90 Å². The smallest absolute Gasteiger partial charge is 0.295 e. The fourth-order valence-corrected chi connectivity index (χ4v) is 4.69. The number of amides is 1. The summed E-state index contributed by atoms with van der Waals surface area (Å²) in [7, 11) is 1.55. The topological polar surface area (TPSA) is 85.3 Å². The van der Waals surface area contributed by atoms with Gasteiger partial charge in [-0.1, -0.05) is 31.9 Å². The lowest BCUT2D eigenvalue weighted by molar-refractivity contribution is -0.140. The standard InChI is InChI=1S/C28H33NO6/c1-4-5-6-13-34-22-9-7-8-19(17-22)25-24(27(31)28(32)29(25)12-14-33-3)26(30)20-10-11-23-21(16-20)15-18(2)35-23/h7-11,16-18,25,30H,4-6,12-15H2,1-3H3/t18-,25-/m1/s1. The summed E-state index contributed by atoms with van der Waals surface area (Å²) in [6.45, 7) is 5.21. The molecule has 0 aliphatic carbocycles. The van der Waals surface area contributed by atoms with Gasteiger partial charge in [-0.3, -0.25) is 9.59 Å². The number of Topliss-reactive ketones (excluding diaryl/α,β-unsaturated/α-hetero) is 1. The van der Waals surface area contributed by atoms with Crippen LogP contribution in [-0.2, 0) is 20.7 Å². The van der Waals surface area contributed by atoms with Crippen LogP contribution in [-0.4, -0.2) is 54.7 Å². The molecule has 2 aliphatic rings. The molecule has 0 bridgehead atoms. The average molecular weight is 480 g/mol. The second-order valence-corrected chi connectivity index (χ2v) is 9.07. The van der Waals surface area contributed by atoms with Gasteiger partial charge in [0.25, 0.3) is 11.7 Å². The molecule has 4 rings (SSSR count). The van der Waals surface area contributed by atoms with Crippen molar-refractivity contribution in [1.29, 1.82) is 0 Å². The highest BCUT2D eigenvalue weighted by Crippen LogP contribution is 2.41. The van der Waals surface area contributed by atoms with Crippen LogP contribution in [0.1, 0.15) is 55.8 Å². The maximum Gasteiger partial charge on any atom is 0.295 e. The molecule has 7 heteroatoms. The van der Waals surface area contributed by atoms with Crippen LogP contribution in [0.25, 0.3) is 5.76 Å². The second-order valence-electron chi connectivity index (χ2n) is 9.07. The third-order valence-electron chi connectivity index (χ3n) is 6.44. The Morgan fingerprint density at radius 2 is 1.97 bits per heavy atom. The van der Waals surface area contributed by atoms with E-state index in [2.05, 4.69) is 6.92 Å². The van der Waals surface area contributed by atoms with Crippen molar-refractivity contribution in [2.24, 2.45) is 0 Å². The van der Waals surface area contributed by atoms with Gasteiger partial charge in [0.05, 0.1) is 24.8 Å². The van der Waals surface area contributed by atoms with Crippen LogP contribution >= 0.6 is 0 Å². The van der Waals surface area contributed by atoms with E-state index in [4.69, 9.17) is 14.2 Å². The van der Waals surface area contributed by atoms with Gasteiger partial charge in [0.2, 0.25) is 0 Å². The summed E-state index contributed by atoms with van der Waals surface area (Å²) in [5, 5.41) is 11.3. The minimum Gasteiger partial charge on any atom is -0.507 e. The van der Waals surface area contributed by atoms with Gasteiger partial charge in [-0.2, -0.15) is 0 Å². The van der Waals surface area contributed by atoms with Crippen LogP contribution in [0.2, 0.25) is 0 Å². The molecule has 2 heterocycles. The average Bonchev–Trinajstić information content (AvgIpc) is 3.35. The van der Waals surface area contributed by atoms with Gasteiger partial charge in [0.15, 0.2) is 0 Å². The van der Waals surface area contributed by atoms with Gasteiger partial charge in [0.1, 0.15) is 23.4 Å². The molecule has 1 fully saturated rings. The zero-order valence-electron chi connectivity index (χ0n) is 20.6. The number of carbonyl (C=O) groups is 2. The van der Waals surface area contributed by atoms with Crippen molar-refractivity contribution in [3.8, 4) is 11.5 Å². The summed E-state index contributed by atoms with van der Waals surface area (Å²) < 4.78 is 16.9. The number of unbranched alkanes of at least 4 members (excludes halogenated alkanes) is 2. The monoisotopic (exact) mass is 479 g/mol. The molecule has 1 N–H and O–H groups in total. The molecular formula is C28H33NO6. The van der Waals surface area contributed by atoms with Crippen LogP contribution in [0.15, 0.2) is 48.0 Å². The third-order valence-corrected chi connectivity index (χ3v) is 6.44. The molecule has 2 aromatic rings. The quantitative estimate of drug-likeness (QED) is 0.231. The maximum atomic E-state index is 13.2. The van der Waals surface area contributed by atoms with Crippen molar-refractivity contribution in [2.45, 2.75) is 51.7 Å². The second kappa shape index (κ2) is 11.0. The SMILES string of the molecule is CCCCCOc1cccc([C@@H]2C(=C(O)c3ccc4c(c3)C[C@@H](C)O4)C(=O)C(=O)N2CCOC)c1. The fourth-order valence-electron chi connectivity index (χ4n) is 4.69. The predicted molar refractivity (Wildman–Crippen MR) is 133 cm³/mol. The van der Waals surface area contributed by atoms with Gasteiger partial charge in [0, 0.05) is 25.6 Å². The Balaban J connectivity index is 1.73. The number of aliphatic hydroxyl groups is 1. The number of hydrogen-bond acceptors (Lipinski definition) is 6. The Hall–Kier alpha value is -3.32. The van der Waals surface area contributed by atoms with Crippen LogP contribution in [0.4, 0.5) is 0 Å². The van der Waals surface area contributed by atoms with Gasteiger partial charge in [-0.15, -0.1) is 0 Å². The van der Waals surface area contributed by atoms with Crippen molar-refractivity contribution in [3.05, 3.63) is 64.7 Å². The number of nitrogens with zero attached hydrogens (tertiary/aromatic N) is 1. The molecule has 0 saturated carbocycles. The Labute approximate surface area is 206 Å². The van der Waals surface area contributed by atoms with Crippen molar-refractivity contribution >= 4 is 17.4 Å². The number of fused-ring (bicyclic) bond motifs is 1. The lowest BCUT2D eigenvalue weighted by Gasteiger charge is -2.25. The number of rotatable bonds is 10. The van der Waals surface area contributed by atoms with E-state index < -0.39 is 17.7 Å². The molecule has 0 unspecified atom stereocenters. The molecule has 0 radical (unpaired) electrons. The fraction of sp³-hybridized carbons (Fsp3) is 0.429. The van der Waals surface area contributed by atoms with Crippen LogP contribution in [0, 0.1) is 0 Å². The molecule has 186 valence electrons. The largest absolute Gasteiger partial charge is 0.507 e. The molecule has 1 amide bonds. The molecule has 1 saturated heterocycles. The lowest BCUT2D eigenvalue weighted by atomic mass is 9.94. The van der Waals surface area contributed by atoms with Crippen LogP contribution < -0.4 is 9.47 Å². The summed E-state index contributed by atoms with van der Waals surface area (Å²) in [5.41, 5.74) is 2.23. The van der Waals surface area contributed by atoms with E-state index in [9.17, 15) is 14.7 Å². The third kappa shape index (κ3) is 5.20. The van der Waals surface area contributed by atoms with Crippen LogP contribution in [0.3, 0.4) is 0 Å². The summed E-state index contributed by atoms with van der Waals surface area (Å²) >= 11 is 0. The molecule has 2 atom stereocenters. The number of likely N-dealkylation sites (tertiary alicyclic amines) is 1. The first-order valence-corrected chi connectivity index (χ1v) is 12.2.